The van der Waals surface area contributed by atoms with Crippen molar-refractivity contribution in [3.63, 3.8) is 0 Å². The summed E-state index contributed by atoms with van der Waals surface area (Å²) in [5, 5.41) is 0. The molecular weight excluding hydrogens is 344 g/mol. The van der Waals surface area contributed by atoms with Crippen LogP contribution in [0.15, 0.2) is 52.7 Å². The van der Waals surface area contributed by atoms with Crippen molar-refractivity contribution in [1.29, 1.82) is 0 Å². The number of carbonyl (C=O) groups is 1. The average Bonchev–Trinajstić information content (AvgIpc) is 2.86. The van der Waals surface area contributed by atoms with Crippen LogP contribution in [0.2, 0.25) is 0 Å². The molecule has 2 aliphatic heterocycles. The van der Waals surface area contributed by atoms with Crippen molar-refractivity contribution in [1.82, 2.24) is 0 Å². The topological polar surface area (TPSA) is 35.5 Å². The van der Waals surface area contributed by atoms with E-state index in [0.717, 1.165) is 21.3 Å². The Labute approximate surface area is 136 Å². The minimum Gasteiger partial charge on any atom is -0.489 e. The highest BCUT2D eigenvalue weighted by Crippen LogP contribution is 2.41. The van der Waals surface area contributed by atoms with E-state index in [2.05, 4.69) is 15.9 Å². The lowest BCUT2D eigenvalue weighted by molar-refractivity contribution is 0.101. The van der Waals surface area contributed by atoms with Crippen LogP contribution in [0, 0.1) is 0 Å². The van der Waals surface area contributed by atoms with Crippen LogP contribution in [-0.4, -0.2) is 12.4 Å². The van der Waals surface area contributed by atoms with Crippen molar-refractivity contribution in [2.75, 3.05) is 6.61 Å². The molecule has 0 saturated carbocycles. The molecule has 0 unspecified atom stereocenters. The number of Topliss-reactive ketones (excluding diaryl/α,β-unsaturated/α-hetero) is 1. The molecule has 0 radical (unpaired) electrons. The summed E-state index contributed by atoms with van der Waals surface area (Å²) in [7, 11) is 0. The maximum absolute atomic E-state index is 12.5. The van der Waals surface area contributed by atoms with Crippen LogP contribution in [0.1, 0.15) is 21.5 Å². The lowest BCUT2D eigenvalue weighted by Crippen LogP contribution is -2.01. The van der Waals surface area contributed by atoms with Crippen LogP contribution < -0.4 is 9.47 Å². The SMILES string of the molecule is O=C1/C(=C/c2ccc(Br)cc2)Oc2c1ccc1c2C=CCO1. The Balaban J connectivity index is 1.76. The van der Waals surface area contributed by atoms with Gasteiger partial charge in [0.15, 0.2) is 5.76 Å². The van der Waals surface area contributed by atoms with E-state index in [4.69, 9.17) is 9.47 Å². The van der Waals surface area contributed by atoms with Gasteiger partial charge >= 0.3 is 0 Å². The molecule has 2 aliphatic rings. The van der Waals surface area contributed by atoms with E-state index in [-0.39, 0.29) is 5.78 Å². The van der Waals surface area contributed by atoms with Crippen LogP contribution in [0.4, 0.5) is 0 Å². The van der Waals surface area contributed by atoms with Crippen LogP contribution in [0.25, 0.3) is 12.2 Å². The third kappa shape index (κ3) is 2.16. The second-order valence-corrected chi connectivity index (χ2v) is 5.97. The first-order chi connectivity index (χ1) is 10.7. The first-order valence-electron chi connectivity index (χ1n) is 6.88. The lowest BCUT2D eigenvalue weighted by Gasteiger charge is -2.14. The van der Waals surface area contributed by atoms with Gasteiger partial charge in [-0.2, -0.15) is 0 Å². The van der Waals surface area contributed by atoms with Crippen LogP contribution >= 0.6 is 15.9 Å². The van der Waals surface area contributed by atoms with Gasteiger partial charge in [0, 0.05) is 4.47 Å². The smallest absolute Gasteiger partial charge is 0.231 e. The number of ether oxygens (including phenoxy) is 2. The molecule has 0 atom stereocenters. The Hall–Kier alpha value is -2.33. The zero-order chi connectivity index (χ0) is 15.1. The standard InChI is InChI=1S/C18H11BrO3/c19-12-5-3-11(4-6-12)10-16-17(20)14-7-8-15-13(18(14)22-16)2-1-9-21-15/h1-8,10H,9H2/b16-10-. The molecule has 0 saturated heterocycles. The molecule has 22 heavy (non-hydrogen) atoms. The Morgan fingerprint density at radius 1 is 1.09 bits per heavy atom. The Morgan fingerprint density at radius 3 is 2.73 bits per heavy atom. The molecule has 108 valence electrons. The largest absolute Gasteiger partial charge is 0.489 e. The molecule has 0 bridgehead atoms. The molecule has 2 aromatic rings. The van der Waals surface area contributed by atoms with E-state index in [1.807, 2.05) is 42.5 Å². The summed E-state index contributed by atoms with van der Waals surface area (Å²) in [4.78, 5) is 12.5. The number of benzene rings is 2. The molecule has 0 aromatic heterocycles. The van der Waals surface area contributed by atoms with Crippen LogP contribution in [0.3, 0.4) is 0 Å². The Morgan fingerprint density at radius 2 is 1.91 bits per heavy atom. The fourth-order valence-electron chi connectivity index (χ4n) is 2.55. The van der Waals surface area contributed by atoms with Gasteiger partial charge in [-0.15, -0.1) is 0 Å². The molecule has 0 amide bonds. The number of ketones is 1. The van der Waals surface area contributed by atoms with Crippen LogP contribution in [-0.2, 0) is 0 Å². The highest BCUT2D eigenvalue weighted by atomic mass is 79.9. The van der Waals surface area contributed by atoms with Gasteiger partial charge in [-0.3, -0.25) is 4.79 Å². The van der Waals surface area contributed by atoms with Gasteiger partial charge in [-0.25, -0.2) is 0 Å². The van der Waals surface area contributed by atoms with E-state index in [0.29, 0.717) is 23.7 Å². The second-order valence-electron chi connectivity index (χ2n) is 5.06. The zero-order valence-electron chi connectivity index (χ0n) is 11.5. The summed E-state index contributed by atoms with van der Waals surface area (Å²) in [5.74, 6) is 1.57. The van der Waals surface area contributed by atoms with E-state index < -0.39 is 0 Å². The summed E-state index contributed by atoms with van der Waals surface area (Å²) < 4.78 is 12.4. The van der Waals surface area contributed by atoms with Crippen molar-refractivity contribution in [2.45, 2.75) is 0 Å². The molecule has 3 nitrogen and oxygen atoms in total. The monoisotopic (exact) mass is 354 g/mol. The van der Waals surface area contributed by atoms with E-state index in [9.17, 15) is 4.79 Å². The minimum absolute atomic E-state index is 0.0975. The number of carbonyl (C=O) groups excluding carboxylic acids is 1. The summed E-state index contributed by atoms with van der Waals surface area (Å²) >= 11 is 3.39. The third-order valence-corrected chi connectivity index (χ3v) is 4.15. The van der Waals surface area contributed by atoms with Crippen molar-refractivity contribution in [3.05, 3.63) is 69.4 Å². The first kappa shape index (κ1) is 13.3. The minimum atomic E-state index is -0.0975. The van der Waals surface area contributed by atoms with E-state index in [1.54, 1.807) is 12.1 Å². The van der Waals surface area contributed by atoms with Gasteiger partial charge in [0.1, 0.15) is 18.1 Å². The van der Waals surface area contributed by atoms with E-state index >= 15 is 0 Å². The molecule has 0 spiro atoms. The average molecular weight is 355 g/mol. The van der Waals surface area contributed by atoms with Crippen molar-refractivity contribution >= 4 is 33.9 Å². The number of rotatable bonds is 1. The summed E-state index contributed by atoms with van der Waals surface area (Å²) in [6.07, 6.45) is 5.61. The number of allylic oxidation sites excluding steroid dienone is 1. The molecule has 0 fully saturated rings. The lowest BCUT2D eigenvalue weighted by atomic mass is 10.0. The molecule has 2 aromatic carbocycles. The summed E-state index contributed by atoms with van der Waals surface area (Å²) in [5.41, 5.74) is 2.33. The first-order valence-corrected chi connectivity index (χ1v) is 7.68. The maximum atomic E-state index is 12.5. The molecule has 0 N–H and O–H groups in total. The number of fused-ring (bicyclic) bond motifs is 3. The summed E-state index contributed by atoms with van der Waals surface area (Å²) in [6, 6.07) is 11.3. The highest BCUT2D eigenvalue weighted by molar-refractivity contribution is 9.10. The number of hydrogen-bond acceptors (Lipinski definition) is 3. The molecule has 2 heterocycles. The van der Waals surface area contributed by atoms with Crippen molar-refractivity contribution in [2.24, 2.45) is 0 Å². The molecular formula is C18H11BrO3. The predicted octanol–water partition coefficient (Wildman–Crippen LogP) is 4.47. The van der Waals surface area contributed by atoms with Gasteiger partial charge < -0.3 is 9.47 Å². The van der Waals surface area contributed by atoms with Gasteiger partial charge in [0.25, 0.3) is 0 Å². The predicted molar refractivity (Wildman–Crippen MR) is 88.0 cm³/mol. The fourth-order valence-corrected chi connectivity index (χ4v) is 2.82. The van der Waals surface area contributed by atoms with Crippen molar-refractivity contribution < 1.29 is 14.3 Å². The quantitative estimate of drug-likeness (QED) is 0.708. The van der Waals surface area contributed by atoms with E-state index in [1.165, 1.54) is 0 Å². The molecule has 4 rings (SSSR count). The molecule has 0 aliphatic carbocycles. The van der Waals surface area contributed by atoms with Gasteiger partial charge in [-0.1, -0.05) is 28.1 Å². The molecule has 4 heteroatoms. The fraction of sp³-hybridized carbons (Fsp3) is 0.0556. The Bertz CT molecular complexity index is 832. The van der Waals surface area contributed by atoms with Gasteiger partial charge in [-0.05, 0) is 48.1 Å². The van der Waals surface area contributed by atoms with Gasteiger partial charge in [0.05, 0.1) is 11.1 Å². The highest BCUT2D eigenvalue weighted by Gasteiger charge is 2.31. The number of hydrogen-bond donors (Lipinski definition) is 0. The van der Waals surface area contributed by atoms with Gasteiger partial charge in [0.2, 0.25) is 5.78 Å². The second kappa shape index (κ2) is 5.14. The Kier molecular flexibility index (Phi) is 3.12. The summed E-state index contributed by atoms with van der Waals surface area (Å²) in [6.45, 7) is 0.543. The third-order valence-electron chi connectivity index (χ3n) is 3.62. The zero-order valence-corrected chi connectivity index (χ0v) is 13.1. The number of halogens is 1. The maximum Gasteiger partial charge on any atom is 0.231 e. The van der Waals surface area contributed by atoms with Crippen LogP contribution in [0.5, 0.6) is 11.5 Å². The normalized spacial score (nSPS) is 17.0. The van der Waals surface area contributed by atoms with Crippen molar-refractivity contribution in [3.8, 4) is 11.5 Å².